The maximum atomic E-state index is 5.38. The second kappa shape index (κ2) is 5.40. The van der Waals surface area contributed by atoms with Crippen molar-refractivity contribution in [1.82, 2.24) is 4.98 Å². The summed E-state index contributed by atoms with van der Waals surface area (Å²) in [5.41, 5.74) is 3.35. The standard InChI is InChI=1S/C14H15BrN2O/c1-9-6-12(13(18-3)7-10(9)2)17-14-5-4-11(15)8-16-14/h4-8H,1-3H3,(H,16,17). The Morgan fingerprint density at radius 2 is 1.89 bits per heavy atom. The molecule has 0 aliphatic carbocycles. The first-order valence-electron chi connectivity index (χ1n) is 5.64. The third-order valence-electron chi connectivity index (χ3n) is 2.81. The summed E-state index contributed by atoms with van der Waals surface area (Å²) >= 11 is 3.37. The minimum Gasteiger partial charge on any atom is -0.495 e. The molecule has 1 aromatic heterocycles. The molecule has 4 heteroatoms. The van der Waals surface area contributed by atoms with Crippen molar-refractivity contribution in [2.45, 2.75) is 13.8 Å². The van der Waals surface area contributed by atoms with E-state index in [1.54, 1.807) is 13.3 Å². The van der Waals surface area contributed by atoms with Crippen LogP contribution in [0.15, 0.2) is 34.9 Å². The fraction of sp³-hybridized carbons (Fsp3) is 0.214. The fourth-order valence-corrected chi connectivity index (χ4v) is 1.88. The van der Waals surface area contributed by atoms with E-state index in [2.05, 4.69) is 46.1 Å². The van der Waals surface area contributed by atoms with E-state index >= 15 is 0 Å². The molecule has 1 heterocycles. The number of rotatable bonds is 3. The fourth-order valence-electron chi connectivity index (χ4n) is 1.64. The molecule has 0 fully saturated rings. The molecule has 94 valence electrons. The number of hydrogen-bond acceptors (Lipinski definition) is 3. The van der Waals surface area contributed by atoms with Crippen molar-refractivity contribution in [2.75, 3.05) is 12.4 Å². The van der Waals surface area contributed by atoms with Crippen LogP contribution in [-0.4, -0.2) is 12.1 Å². The van der Waals surface area contributed by atoms with Gasteiger partial charge in [0, 0.05) is 10.7 Å². The molecule has 0 radical (unpaired) electrons. The summed E-state index contributed by atoms with van der Waals surface area (Å²) in [5, 5.41) is 3.26. The zero-order chi connectivity index (χ0) is 13.1. The van der Waals surface area contributed by atoms with Gasteiger partial charge in [0.25, 0.3) is 0 Å². The Kier molecular flexibility index (Phi) is 3.87. The summed E-state index contributed by atoms with van der Waals surface area (Å²) in [5.74, 6) is 1.61. The van der Waals surface area contributed by atoms with Crippen LogP contribution in [0, 0.1) is 13.8 Å². The molecule has 0 saturated carbocycles. The highest BCUT2D eigenvalue weighted by Crippen LogP contribution is 2.30. The van der Waals surface area contributed by atoms with Crippen LogP contribution in [0.2, 0.25) is 0 Å². The minimum atomic E-state index is 0.791. The van der Waals surface area contributed by atoms with Gasteiger partial charge in [0.05, 0.1) is 12.8 Å². The summed E-state index contributed by atoms with van der Waals surface area (Å²) in [6.45, 7) is 4.15. The van der Waals surface area contributed by atoms with Gasteiger partial charge in [0.15, 0.2) is 0 Å². The van der Waals surface area contributed by atoms with E-state index < -0.39 is 0 Å². The Morgan fingerprint density at radius 3 is 2.50 bits per heavy atom. The largest absolute Gasteiger partial charge is 0.495 e. The van der Waals surface area contributed by atoms with Crippen LogP contribution in [0.5, 0.6) is 5.75 Å². The normalized spacial score (nSPS) is 10.2. The average molecular weight is 307 g/mol. The number of methoxy groups -OCH3 is 1. The molecule has 0 aliphatic rings. The summed E-state index contributed by atoms with van der Waals surface area (Å²) in [6.07, 6.45) is 1.76. The van der Waals surface area contributed by atoms with Crippen LogP contribution in [0.3, 0.4) is 0 Å². The molecule has 0 spiro atoms. The third-order valence-corrected chi connectivity index (χ3v) is 3.28. The van der Waals surface area contributed by atoms with Crippen molar-refractivity contribution in [3.8, 4) is 5.75 Å². The number of hydrogen-bond donors (Lipinski definition) is 1. The second-order valence-corrected chi connectivity index (χ2v) is 5.04. The molecule has 3 nitrogen and oxygen atoms in total. The molecular formula is C14H15BrN2O. The van der Waals surface area contributed by atoms with Gasteiger partial charge in [-0.2, -0.15) is 0 Å². The molecule has 2 rings (SSSR count). The first kappa shape index (κ1) is 12.9. The van der Waals surface area contributed by atoms with Crippen LogP contribution in [0.25, 0.3) is 0 Å². The highest BCUT2D eigenvalue weighted by molar-refractivity contribution is 9.10. The lowest BCUT2D eigenvalue weighted by molar-refractivity contribution is 0.416. The molecule has 0 amide bonds. The highest BCUT2D eigenvalue weighted by atomic mass is 79.9. The Hall–Kier alpha value is -1.55. The molecule has 0 bridgehead atoms. The lowest BCUT2D eigenvalue weighted by Gasteiger charge is -2.13. The van der Waals surface area contributed by atoms with Crippen LogP contribution >= 0.6 is 15.9 Å². The van der Waals surface area contributed by atoms with Gasteiger partial charge >= 0.3 is 0 Å². The molecule has 18 heavy (non-hydrogen) atoms. The first-order chi connectivity index (χ1) is 8.60. The Balaban J connectivity index is 2.33. The highest BCUT2D eigenvalue weighted by Gasteiger charge is 2.06. The van der Waals surface area contributed by atoms with E-state index in [1.165, 1.54) is 11.1 Å². The molecule has 0 aliphatic heterocycles. The van der Waals surface area contributed by atoms with Gasteiger partial charge in [-0.1, -0.05) is 0 Å². The van der Waals surface area contributed by atoms with E-state index in [1.807, 2.05) is 18.2 Å². The lowest BCUT2D eigenvalue weighted by Crippen LogP contribution is -1.98. The van der Waals surface area contributed by atoms with E-state index in [-0.39, 0.29) is 0 Å². The van der Waals surface area contributed by atoms with E-state index in [0.29, 0.717) is 0 Å². The van der Waals surface area contributed by atoms with Crippen molar-refractivity contribution in [3.63, 3.8) is 0 Å². The van der Waals surface area contributed by atoms with E-state index in [0.717, 1.165) is 21.7 Å². The van der Waals surface area contributed by atoms with Crippen molar-refractivity contribution >= 4 is 27.4 Å². The number of ether oxygens (including phenoxy) is 1. The average Bonchev–Trinajstić information content (AvgIpc) is 2.36. The van der Waals surface area contributed by atoms with Gasteiger partial charge in [-0.15, -0.1) is 0 Å². The van der Waals surface area contributed by atoms with E-state index in [9.17, 15) is 0 Å². The second-order valence-electron chi connectivity index (χ2n) is 4.12. The molecule has 2 aromatic rings. The molecule has 1 N–H and O–H groups in total. The zero-order valence-electron chi connectivity index (χ0n) is 10.6. The van der Waals surface area contributed by atoms with Gasteiger partial charge in [0.2, 0.25) is 0 Å². The predicted molar refractivity (Wildman–Crippen MR) is 77.7 cm³/mol. The topological polar surface area (TPSA) is 34.1 Å². The molecular weight excluding hydrogens is 292 g/mol. The maximum Gasteiger partial charge on any atom is 0.142 e. The molecule has 1 aromatic carbocycles. The molecule has 0 atom stereocenters. The summed E-state index contributed by atoms with van der Waals surface area (Å²) in [7, 11) is 1.67. The van der Waals surface area contributed by atoms with Crippen molar-refractivity contribution in [3.05, 3.63) is 46.1 Å². The number of anilines is 2. The molecule has 0 unspecified atom stereocenters. The number of aryl methyl sites for hydroxylation is 2. The third kappa shape index (κ3) is 2.82. The van der Waals surface area contributed by atoms with Crippen molar-refractivity contribution in [1.29, 1.82) is 0 Å². The summed E-state index contributed by atoms with van der Waals surface area (Å²) < 4.78 is 6.34. The summed E-state index contributed by atoms with van der Waals surface area (Å²) in [6, 6.07) is 7.95. The zero-order valence-corrected chi connectivity index (χ0v) is 12.2. The predicted octanol–water partition coefficient (Wildman–Crippen LogP) is 4.21. The van der Waals surface area contributed by atoms with Gasteiger partial charge < -0.3 is 10.1 Å². The quantitative estimate of drug-likeness (QED) is 0.922. The van der Waals surface area contributed by atoms with Crippen molar-refractivity contribution < 1.29 is 4.74 Å². The number of aromatic nitrogens is 1. The van der Waals surface area contributed by atoms with Crippen LogP contribution < -0.4 is 10.1 Å². The molecule has 0 saturated heterocycles. The number of pyridine rings is 1. The van der Waals surface area contributed by atoms with Gasteiger partial charge in [-0.25, -0.2) is 4.98 Å². The number of benzene rings is 1. The van der Waals surface area contributed by atoms with Crippen LogP contribution in [-0.2, 0) is 0 Å². The van der Waals surface area contributed by atoms with Crippen molar-refractivity contribution in [2.24, 2.45) is 0 Å². The van der Waals surface area contributed by atoms with Crippen LogP contribution in [0.4, 0.5) is 11.5 Å². The smallest absolute Gasteiger partial charge is 0.142 e. The Labute approximate surface area is 115 Å². The number of halogens is 1. The lowest BCUT2D eigenvalue weighted by atomic mass is 10.1. The number of nitrogens with zero attached hydrogens (tertiary/aromatic N) is 1. The van der Waals surface area contributed by atoms with Gasteiger partial charge in [-0.05, 0) is 65.2 Å². The maximum absolute atomic E-state index is 5.38. The number of nitrogens with one attached hydrogen (secondary N) is 1. The Morgan fingerprint density at radius 1 is 1.17 bits per heavy atom. The van der Waals surface area contributed by atoms with Crippen LogP contribution in [0.1, 0.15) is 11.1 Å². The SMILES string of the molecule is COc1cc(C)c(C)cc1Nc1ccc(Br)cn1. The Bertz CT molecular complexity index is 552. The van der Waals surface area contributed by atoms with Gasteiger partial charge in [-0.3, -0.25) is 0 Å². The monoisotopic (exact) mass is 306 g/mol. The summed E-state index contributed by atoms with van der Waals surface area (Å²) in [4.78, 5) is 4.29. The first-order valence-corrected chi connectivity index (χ1v) is 6.43. The van der Waals surface area contributed by atoms with Gasteiger partial charge in [0.1, 0.15) is 11.6 Å². The van der Waals surface area contributed by atoms with E-state index in [4.69, 9.17) is 4.74 Å². The minimum absolute atomic E-state index is 0.791.